The summed E-state index contributed by atoms with van der Waals surface area (Å²) in [6.45, 7) is 9.43. The van der Waals surface area contributed by atoms with Crippen LogP contribution in [0.5, 0.6) is 0 Å². The summed E-state index contributed by atoms with van der Waals surface area (Å²) in [6.07, 6.45) is 2.64. The van der Waals surface area contributed by atoms with Gasteiger partial charge < -0.3 is 5.11 Å². The fourth-order valence-corrected chi connectivity index (χ4v) is 2.35. The first-order valence-electron chi connectivity index (χ1n) is 6.75. The van der Waals surface area contributed by atoms with Crippen molar-refractivity contribution < 1.29 is 9.90 Å². The molecule has 1 N–H and O–H groups in total. The van der Waals surface area contributed by atoms with Crippen LogP contribution in [0.4, 0.5) is 0 Å². The van der Waals surface area contributed by atoms with Gasteiger partial charge in [0.05, 0.1) is 0 Å². The molecule has 0 radical (unpaired) electrons. The first-order chi connectivity index (χ1) is 8.78. The molecule has 0 aliphatic rings. The van der Waals surface area contributed by atoms with E-state index in [2.05, 4.69) is 43.2 Å². The lowest BCUT2D eigenvalue weighted by atomic mass is 9.84. The third kappa shape index (κ3) is 6.31. The Labute approximate surface area is 114 Å². The first kappa shape index (κ1) is 15.6. The molecule has 19 heavy (non-hydrogen) atoms. The average molecular weight is 268 g/mol. The van der Waals surface area contributed by atoms with Gasteiger partial charge in [-0.2, -0.15) is 0 Å². The maximum Gasteiger partial charge on any atom is 0.303 e. The predicted molar refractivity (Wildman–Crippen MR) is 71.6 cm³/mol. The Bertz CT molecular complexity index is 409. The summed E-state index contributed by atoms with van der Waals surface area (Å²) in [5.74, 6) is 0.571. The molecule has 1 heterocycles. The molecule has 6 heteroatoms. The Morgan fingerprint density at radius 2 is 2.11 bits per heavy atom. The van der Waals surface area contributed by atoms with Crippen LogP contribution in [0.25, 0.3) is 0 Å². The molecule has 6 nitrogen and oxygen atoms in total. The van der Waals surface area contributed by atoms with Crippen LogP contribution >= 0.6 is 0 Å². The van der Waals surface area contributed by atoms with Crippen LogP contribution in [-0.2, 0) is 17.8 Å². The molecule has 1 unspecified atom stereocenters. The number of aromatic nitrogens is 4. The highest BCUT2D eigenvalue weighted by Gasteiger charge is 2.18. The van der Waals surface area contributed by atoms with Gasteiger partial charge in [-0.1, -0.05) is 27.7 Å². The Hall–Kier alpha value is -1.46. The monoisotopic (exact) mass is 268 g/mol. The predicted octanol–water partition coefficient (Wildman–Crippen LogP) is 2.15. The molecule has 0 aliphatic heterocycles. The van der Waals surface area contributed by atoms with Gasteiger partial charge in [-0.15, -0.1) is 5.10 Å². The number of carboxylic acids is 1. The van der Waals surface area contributed by atoms with Crippen molar-refractivity contribution in [2.24, 2.45) is 11.3 Å². The number of aryl methyl sites for hydroxylation is 1. The summed E-state index contributed by atoms with van der Waals surface area (Å²) in [5, 5.41) is 20.3. The van der Waals surface area contributed by atoms with E-state index in [-0.39, 0.29) is 6.42 Å². The Balaban J connectivity index is 2.50. The van der Waals surface area contributed by atoms with Crippen molar-refractivity contribution in [1.82, 2.24) is 20.2 Å². The molecule has 0 spiro atoms. The minimum atomic E-state index is -0.782. The van der Waals surface area contributed by atoms with Crippen LogP contribution in [0, 0.1) is 11.3 Å². The van der Waals surface area contributed by atoms with Crippen molar-refractivity contribution in [2.45, 2.75) is 59.9 Å². The minimum Gasteiger partial charge on any atom is -0.481 e. The SMILES string of the molecule is CC(Cc1nnnn1CCCC(=O)O)CC(C)(C)C. The lowest BCUT2D eigenvalue weighted by Gasteiger charge is -2.22. The lowest BCUT2D eigenvalue weighted by Crippen LogP contribution is -2.16. The Morgan fingerprint density at radius 3 is 2.68 bits per heavy atom. The quantitative estimate of drug-likeness (QED) is 0.819. The number of nitrogens with zero attached hydrogens (tertiary/aromatic N) is 4. The third-order valence-corrected chi connectivity index (χ3v) is 2.86. The molecule has 1 aromatic rings. The van der Waals surface area contributed by atoms with Crippen LogP contribution in [0.3, 0.4) is 0 Å². The summed E-state index contributed by atoms with van der Waals surface area (Å²) < 4.78 is 1.72. The van der Waals surface area contributed by atoms with Gasteiger partial charge in [0.15, 0.2) is 5.82 Å². The largest absolute Gasteiger partial charge is 0.481 e. The molecule has 0 amide bonds. The molecular formula is C13H24N4O2. The number of rotatable bonds is 7. The Kier molecular flexibility index (Phi) is 5.44. The van der Waals surface area contributed by atoms with E-state index >= 15 is 0 Å². The standard InChI is InChI=1S/C13H24N4O2/c1-10(9-13(2,3)4)8-11-14-15-16-17(11)7-5-6-12(18)19/h10H,5-9H2,1-4H3,(H,18,19). The number of hydrogen-bond donors (Lipinski definition) is 1. The van der Waals surface area contributed by atoms with Gasteiger partial charge in [0, 0.05) is 19.4 Å². The maximum atomic E-state index is 10.5. The highest BCUT2D eigenvalue weighted by molar-refractivity contribution is 5.66. The van der Waals surface area contributed by atoms with Gasteiger partial charge in [-0.3, -0.25) is 4.79 Å². The zero-order valence-corrected chi connectivity index (χ0v) is 12.3. The van der Waals surface area contributed by atoms with Crippen molar-refractivity contribution >= 4 is 5.97 Å². The number of aliphatic carboxylic acids is 1. The molecule has 0 aromatic carbocycles. The highest BCUT2D eigenvalue weighted by Crippen LogP contribution is 2.25. The number of carbonyl (C=O) groups is 1. The first-order valence-corrected chi connectivity index (χ1v) is 6.75. The highest BCUT2D eigenvalue weighted by atomic mass is 16.4. The summed E-state index contributed by atoms with van der Waals surface area (Å²) in [7, 11) is 0. The van der Waals surface area contributed by atoms with Crippen LogP contribution in [0.2, 0.25) is 0 Å². The fraction of sp³-hybridized carbons (Fsp3) is 0.846. The van der Waals surface area contributed by atoms with Crippen molar-refractivity contribution in [1.29, 1.82) is 0 Å². The zero-order valence-electron chi connectivity index (χ0n) is 12.3. The third-order valence-electron chi connectivity index (χ3n) is 2.86. The van der Waals surface area contributed by atoms with E-state index in [1.807, 2.05) is 0 Å². The smallest absolute Gasteiger partial charge is 0.303 e. The van der Waals surface area contributed by atoms with Crippen molar-refractivity contribution in [3.63, 3.8) is 0 Å². The van der Waals surface area contributed by atoms with Gasteiger partial charge in [0.1, 0.15) is 0 Å². The number of tetrazole rings is 1. The van der Waals surface area contributed by atoms with Crippen LogP contribution in [-0.4, -0.2) is 31.3 Å². The van der Waals surface area contributed by atoms with Gasteiger partial charge in [-0.25, -0.2) is 4.68 Å². The van der Waals surface area contributed by atoms with Gasteiger partial charge in [0.2, 0.25) is 0 Å². The molecule has 0 fully saturated rings. The van der Waals surface area contributed by atoms with E-state index in [0.29, 0.717) is 24.3 Å². The number of hydrogen-bond acceptors (Lipinski definition) is 4. The van der Waals surface area contributed by atoms with E-state index < -0.39 is 5.97 Å². The number of carboxylic acid groups (broad SMARTS) is 1. The van der Waals surface area contributed by atoms with Gasteiger partial charge in [-0.05, 0) is 34.6 Å². The van der Waals surface area contributed by atoms with Crippen LogP contribution < -0.4 is 0 Å². The molecule has 108 valence electrons. The van der Waals surface area contributed by atoms with Gasteiger partial charge in [0.25, 0.3) is 0 Å². The summed E-state index contributed by atoms with van der Waals surface area (Å²) >= 11 is 0. The van der Waals surface area contributed by atoms with E-state index in [1.165, 1.54) is 0 Å². The normalized spacial score (nSPS) is 13.5. The van der Waals surface area contributed by atoms with Crippen molar-refractivity contribution in [3.05, 3.63) is 5.82 Å². The molecule has 1 atom stereocenters. The fourth-order valence-electron chi connectivity index (χ4n) is 2.35. The molecule has 0 saturated heterocycles. The summed E-state index contributed by atoms with van der Waals surface area (Å²) in [6, 6.07) is 0. The molecule has 1 aromatic heterocycles. The Morgan fingerprint density at radius 1 is 1.42 bits per heavy atom. The molecule has 0 saturated carbocycles. The summed E-state index contributed by atoms with van der Waals surface area (Å²) in [5.41, 5.74) is 0.293. The van der Waals surface area contributed by atoms with Crippen LogP contribution in [0.15, 0.2) is 0 Å². The van der Waals surface area contributed by atoms with E-state index in [1.54, 1.807) is 4.68 Å². The van der Waals surface area contributed by atoms with Crippen LogP contribution in [0.1, 0.15) is 52.8 Å². The molecule has 1 rings (SSSR count). The van der Waals surface area contributed by atoms with Crippen molar-refractivity contribution in [2.75, 3.05) is 0 Å². The second kappa shape index (κ2) is 6.63. The van der Waals surface area contributed by atoms with Crippen molar-refractivity contribution in [3.8, 4) is 0 Å². The molecule has 0 aliphatic carbocycles. The second-order valence-corrected chi connectivity index (χ2v) is 6.39. The molecular weight excluding hydrogens is 244 g/mol. The maximum absolute atomic E-state index is 10.5. The molecule has 0 bridgehead atoms. The zero-order chi connectivity index (χ0) is 14.5. The lowest BCUT2D eigenvalue weighted by molar-refractivity contribution is -0.137. The van der Waals surface area contributed by atoms with E-state index in [4.69, 9.17) is 5.11 Å². The minimum absolute atomic E-state index is 0.150. The average Bonchev–Trinajstić information content (AvgIpc) is 2.62. The van der Waals surface area contributed by atoms with Gasteiger partial charge >= 0.3 is 5.97 Å². The summed E-state index contributed by atoms with van der Waals surface area (Å²) in [4.78, 5) is 10.5. The van der Waals surface area contributed by atoms with E-state index in [9.17, 15) is 4.79 Å². The van der Waals surface area contributed by atoms with E-state index in [0.717, 1.165) is 18.7 Å². The topological polar surface area (TPSA) is 80.9 Å². The second-order valence-electron chi connectivity index (χ2n) is 6.39.